The molecule has 0 spiro atoms. The molecule has 0 radical (unpaired) electrons. The molecule has 108 valence electrons. The fourth-order valence-corrected chi connectivity index (χ4v) is 2.83. The van der Waals surface area contributed by atoms with Crippen LogP contribution in [0.4, 0.5) is 0 Å². The molecule has 18 heavy (non-hydrogen) atoms. The van der Waals surface area contributed by atoms with Crippen molar-refractivity contribution in [2.45, 2.75) is 51.5 Å². The van der Waals surface area contributed by atoms with Crippen LogP contribution in [0.2, 0.25) is 0 Å². The maximum absolute atomic E-state index is 6.00. The van der Waals surface area contributed by atoms with E-state index in [1.807, 2.05) is 0 Å². The molecule has 1 saturated heterocycles. The summed E-state index contributed by atoms with van der Waals surface area (Å²) < 4.78 is 0. The standard InChI is InChI=1S/C15H33N3/c1-15(2,16)9-6-11-17(3)12-8-14-7-5-10-18(4)13-14/h14H,5-13,16H2,1-4H3. The van der Waals surface area contributed by atoms with Crippen LogP contribution in [0.15, 0.2) is 0 Å². The first kappa shape index (κ1) is 15.9. The van der Waals surface area contributed by atoms with Gasteiger partial charge in [-0.25, -0.2) is 0 Å². The summed E-state index contributed by atoms with van der Waals surface area (Å²) in [6.45, 7) is 9.24. The number of piperidine rings is 1. The molecule has 0 bridgehead atoms. The molecule has 0 saturated carbocycles. The Kier molecular flexibility index (Phi) is 6.61. The largest absolute Gasteiger partial charge is 0.326 e. The van der Waals surface area contributed by atoms with Crippen molar-refractivity contribution in [3.8, 4) is 0 Å². The van der Waals surface area contributed by atoms with Crippen molar-refractivity contribution in [1.29, 1.82) is 0 Å². The van der Waals surface area contributed by atoms with E-state index in [1.54, 1.807) is 0 Å². The fourth-order valence-electron chi connectivity index (χ4n) is 2.83. The molecule has 3 nitrogen and oxygen atoms in total. The average Bonchev–Trinajstić information content (AvgIpc) is 2.25. The molecule has 3 heteroatoms. The predicted octanol–water partition coefficient (Wildman–Crippen LogP) is 2.17. The van der Waals surface area contributed by atoms with Gasteiger partial charge in [-0.2, -0.15) is 0 Å². The molecule has 1 heterocycles. The molecule has 0 amide bonds. The smallest absolute Gasteiger partial charge is 0.00975 e. The summed E-state index contributed by atoms with van der Waals surface area (Å²) in [6, 6.07) is 0. The first-order valence-electron chi connectivity index (χ1n) is 7.53. The maximum Gasteiger partial charge on any atom is 0.00975 e. The van der Waals surface area contributed by atoms with E-state index in [2.05, 4.69) is 37.7 Å². The van der Waals surface area contributed by atoms with Gasteiger partial charge in [0.2, 0.25) is 0 Å². The minimum absolute atomic E-state index is 0.00702. The van der Waals surface area contributed by atoms with E-state index in [-0.39, 0.29) is 5.54 Å². The van der Waals surface area contributed by atoms with Gasteiger partial charge < -0.3 is 15.5 Å². The van der Waals surface area contributed by atoms with E-state index in [0.717, 1.165) is 12.3 Å². The number of likely N-dealkylation sites (tertiary alicyclic amines) is 1. The maximum atomic E-state index is 6.00. The lowest BCUT2D eigenvalue weighted by Gasteiger charge is -2.31. The monoisotopic (exact) mass is 255 g/mol. The third-order valence-corrected chi connectivity index (χ3v) is 4.00. The van der Waals surface area contributed by atoms with Crippen LogP contribution in [0, 0.1) is 5.92 Å². The van der Waals surface area contributed by atoms with Gasteiger partial charge in [-0.15, -0.1) is 0 Å². The zero-order valence-corrected chi connectivity index (χ0v) is 12.9. The highest BCUT2D eigenvalue weighted by Gasteiger charge is 2.17. The van der Waals surface area contributed by atoms with Crippen LogP contribution in [0.3, 0.4) is 0 Å². The van der Waals surface area contributed by atoms with Crippen LogP contribution in [-0.4, -0.2) is 55.6 Å². The van der Waals surface area contributed by atoms with Crippen LogP contribution in [-0.2, 0) is 0 Å². The molecule has 0 aliphatic carbocycles. The van der Waals surface area contributed by atoms with Crippen molar-refractivity contribution in [3.63, 3.8) is 0 Å². The second-order valence-corrected chi connectivity index (χ2v) is 6.95. The molecule has 0 aromatic rings. The van der Waals surface area contributed by atoms with Crippen LogP contribution in [0.25, 0.3) is 0 Å². The third kappa shape index (κ3) is 7.34. The predicted molar refractivity (Wildman–Crippen MR) is 79.8 cm³/mol. The lowest BCUT2D eigenvalue weighted by atomic mass is 9.95. The fraction of sp³-hybridized carbons (Fsp3) is 1.00. The summed E-state index contributed by atoms with van der Waals surface area (Å²) in [5.41, 5.74) is 6.00. The van der Waals surface area contributed by atoms with Crippen molar-refractivity contribution in [3.05, 3.63) is 0 Å². The van der Waals surface area contributed by atoms with Crippen molar-refractivity contribution in [2.75, 3.05) is 40.3 Å². The van der Waals surface area contributed by atoms with E-state index < -0.39 is 0 Å². The number of nitrogens with two attached hydrogens (primary N) is 1. The lowest BCUT2D eigenvalue weighted by Crippen LogP contribution is -2.35. The number of hydrogen-bond acceptors (Lipinski definition) is 3. The molecule has 1 unspecified atom stereocenters. The zero-order chi connectivity index (χ0) is 13.6. The Balaban J connectivity index is 2.07. The number of nitrogens with zero attached hydrogens (tertiary/aromatic N) is 2. The SMILES string of the molecule is CN(CCCC(C)(C)N)CCC1CCCN(C)C1. The summed E-state index contributed by atoms with van der Waals surface area (Å²) in [4.78, 5) is 4.95. The highest BCUT2D eigenvalue weighted by atomic mass is 15.1. The molecule has 0 aromatic carbocycles. The highest BCUT2D eigenvalue weighted by Crippen LogP contribution is 2.18. The minimum Gasteiger partial charge on any atom is -0.326 e. The normalized spacial score (nSPS) is 22.7. The lowest BCUT2D eigenvalue weighted by molar-refractivity contribution is 0.184. The summed E-state index contributed by atoms with van der Waals surface area (Å²) >= 11 is 0. The number of rotatable bonds is 7. The second-order valence-electron chi connectivity index (χ2n) is 6.95. The van der Waals surface area contributed by atoms with E-state index in [4.69, 9.17) is 5.73 Å². The Morgan fingerprint density at radius 1 is 1.33 bits per heavy atom. The van der Waals surface area contributed by atoms with E-state index >= 15 is 0 Å². The first-order chi connectivity index (χ1) is 8.37. The molecule has 1 rings (SSSR count). The molecule has 0 aromatic heterocycles. The molecule has 1 aliphatic heterocycles. The van der Waals surface area contributed by atoms with Gasteiger partial charge in [0.1, 0.15) is 0 Å². The summed E-state index contributed by atoms with van der Waals surface area (Å²) in [6.07, 6.45) is 6.49. The van der Waals surface area contributed by atoms with E-state index in [9.17, 15) is 0 Å². The van der Waals surface area contributed by atoms with E-state index in [0.29, 0.717) is 0 Å². The first-order valence-corrected chi connectivity index (χ1v) is 7.53. The van der Waals surface area contributed by atoms with Gasteiger partial charge in [-0.3, -0.25) is 0 Å². The van der Waals surface area contributed by atoms with Crippen molar-refractivity contribution < 1.29 is 0 Å². The van der Waals surface area contributed by atoms with Gasteiger partial charge in [0.25, 0.3) is 0 Å². The quantitative estimate of drug-likeness (QED) is 0.757. The average molecular weight is 255 g/mol. The van der Waals surface area contributed by atoms with Crippen molar-refractivity contribution in [1.82, 2.24) is 9.80 Å². The number of hydrogen-bond donors (Lipinski definition) is 1. The van der Waals surface area contributed by atoms with Crippen molar-refractivity contribution in [2.24, 2.45) is 11.7 Å². The van der Waals surface area contributed by atoms with Crippen LogP contribution in [0.1, 0.15) is 46.0 Å². The Labute approximate surface area is 114 Å². The Morgan fingerprint density at radius 2 is 2.06 bits per heavy atom. The minimum atomic E-state index is -0.00702. The van der Waals surface area contributed by atoms with Crippen molar-refractivity contribution >= 4 is 0 Å². The van der Waals surface area contributed by atoms with E-state index in [1.165, 1.54) is 51.9 Å². The molecular formula is C15H33N3. The second kappa shape index (κ2) is 7.46. The Hall–Kier alpha value is -0.120. The zero-order valence-electron chi connectivity index (χ0n) is 12.9. The van der Waals surface area contributed by atoms with Gasteiger partial charge >= 0.3 is 0 Å². The summed E-state index contributed by atoms with van der Waals surface area (Å²) in [5, 5.41) is 0. The Bertz CT molecular complexity index is 222. The third-order valence-electron chi connectivity index (χ3n) is 4.00. The molecule has 1 aliphatic rings. The van der Waals surface area contributed by atoms with Gasteiger partial charge in [0, 0.05) is 12.1 Å². The molecular weight excluding hydrogens is 222 g/mol. The van der Waals surface area contributed by atoms with Crippen LogP contribution >= 0.6 is 0 Å². The van der Waals surface area contributed by atoms with Gasteiger partial charge in [0.15, 0.2) is 0 Å². The molecule has 1 atom stereocenters. The van der Waals surface area contributed by atoms with Gasteiger partial charge in [-0.05, 0) is 85.6 Å². The topological polar surface area (TPSA) is 32.5 Å². The van der Waals surface area contributed by atoms with Gasteiger partial charge in [0.05, 0.1) is 0 Å². The molecule has 1 fully saturated rings. The highest BCUT2D eigenvalue weighted by molar-refractivity contribution is 4.73. The summed E-state index contributed by atoms with van der Waals surface area (Å²) in [5.74, 6) is 0.914. The van der Waals surface area contributed by atoms with Crippen LogP contribution < -0.4 is 5.73 Å². The van der Waals surface area contributed by atoms with Gasteiger partial charge in [-0.1, -0.05) is 0 Å². The molecule has 2 N–H and O–H groups in total. The summed E-state index contributed by atoms with van der Waals surface area (Å²) in [7, 11) is 4.50. The van der Waals surface area contributed by atoms with Crippen LogP contribution in [0.5, 0.6) is 0 Å². The Morgan fingerprint density at radius 3 is 2.67 bits per heavy atom.